The third-order valence-electron chi connectivity index (χ3n) is 5.00. The Morgan fingerprint density at radius 3 is 2.43 bits per heavy atom. The maximum atomic E-state index is 3.81. The lowest BCUT2D eigenvalue weighted by molar-refractivity contribution is 0.321. The number of nitrogens with one attached hydrogen (secondary N) is 1. The van der Waals surface area contributed by atoms with Gasteiger partial charge in [-0.2, -0.15) is 0 Å². The van der Waals surface area contributed by atoms with E-state index in [0.29, 0.717) is 0 Å². The molecule has 2 nitrogen and oxygen atoms in total. The van der Waals surface area contributed by atoms with E-state index in [2.05, 4.69) is 69.1 Å². The van der Waals surface area contributed by atoms with E-state index in [1.807, 2.05) is 0 Å². The fourth-order valence-corrected chi connectivity index (χ4v) is 3.44. The van der Waals surface area contributed by atoms with E-state index >= 15 is 0 Å². The van der Waals surface area contributed by atoms with Crippen LogP contribution in [-0.2, 0) is 5.41 Å². The van der Waals surface area contributed by atoms with Crippen molar-refractivity contribution in [2.75, 3.05) is 24.5 Å². The van der Waals surface area contributed by atoms with Gasteiger partial charge in [-0.15, -0.1) is 0 Å². The molecule has 0 amide bonds. The second kappa shape index (κ2) is 6.39. The molecule has 1 heterocycles. The van der Waals surface area contributed by atoms with Gasteiger partial charge in [0.25, 0.3) is 0 Å². The molecule has 0 saturated carbocycles. The zero-order valence-electron chi connectivity index (χ0n) is 14.5. The molecular formula is C19H32N2. The van der Waals surface area contributed by atoms with Crippen molar-refractivity contribution in [1.82, 2.24) is 5.32 Å². The van der Waals surface area contributed by atoms with Gasteiger partial charge in [-0.1, -0.05) is 52.8 Å². The number of anilines is 1. The zero-order chi connectivity index (χ0) is 15.5. The smallest absolute Gasteiger partial charge is 0.0404 e. The molecule has 0 spiro atoms. The van der Waals surface area contributed by atoms with Crippen LogP contribution < -0.4 is 10.2 Å². The van der Waals surface area contributed by atoms with Crippen LogP contribution in [0.25, 0.3) is 0 Å². The minimum Gasteiger partial charge on any atom is -0.369 e. The number of benzene rings is 1. The Morgan fingerprint density at radius 1 is 1.14 bits per heavy atom. The van der Waals surface area contributed by atoms with Gasteiger partial charge in [0.15, 0.2) is 0 Å². The Bertz CT molecular complexity index is 455. The molecule has 0 aliphatic carbocycles. The Balaban J connectivity index is 2.36. The van der Waals surface area contributed by atoms with Gasteiger partial charge in [-0.3, -0.25) is 0 Å². The highest BCUT2D eigenvalue weighted by molar-refractivity contribution is 5.57. The maximum absolute atomic E-state index is 3.81. The predicted molar refractivity (Wildman–Crippen MR) is 93.3 cm³/mol. The minimum absolute atomic E-state index is 0.192. The summed E-state index contributed by atoms with van der Waals surface area (Å²) in [4.78, 5) is 2.62. The summed E-state index contributed by atoms with van der Waals surface area (Å²) in [5.74, 6) is 0. The first-order valence-corrected chi connectivity index (χ1v) is 8.51. The summed E-state index contributed by atoms with van der Waals surface area (Å²) in [6, 6.07) is 8.96. The van der Waals surface area contributed by atoms with Crippen molar-refractivity contribution in [3.63, 3.8) is 0 Å². The van der Waals surface area contributed by atoms with Crippen LogP contribution in [0.3, 0.4) is 0 Å². The molecule has 1 aliphatic heterocycles. The Kier molecular flexibility index (Phi) is 4.98. The lowest BCUT2D eigenvalue weighted by Gasteiger charge is -2.38. The minimum atomic E-state index is 0.192. The molecule has 1 N–H and O–H groups in total. The lowest BCUT2D eigenvalue weighted by Crippen LogP contribution is -2.51. The zero-order valence-corrected chi connectivity index (χ0v) is 14.5. The predicted octanol–water partition coefficient (Wildman–Crippen LogP) is 4.34. The van der Waals surface area contributed by atoms with Crippen LogP contribution >= 0.6 is 0 Å². The third-order valence-corrected chi connectivity index (χ3v) is 5.00. The van der Waals surface area contributed by atoms with Gasteiger partial charge in [0, 0.05) is 24.3 Å². The Labute approximate surface area is 130 Å². The molecule has 1 saturated heterocycles. The SMILES string of the molecule is CCC1(CC)CN(c2ccccc2C(C)(C)C)CCCN1. The molecule has 0 aromatic heterocycles. The number of hydrogen-bond donors (Lipinski definition) is 1. The van der Waals surface area contributed by atoms with Gasteiger partial charge >= 0.3 is 0 Å². The van der Waals surface area contributed by atoms with Crippen molar-refractivity contribution >= 4 is 5.69 Å². The Hall–Kier alpha value is -1.02. The van der Waals surface area contributed by atoms with Crippen LogP contribution in [0.1, 0.15) is 59.4 Å². The summed E-state index contributed by atoms with van der Waals surface area (Å²) in [5.41, 5.74) is 3.35. The number of rotatable bonds is 3. The highest BCUT2D eigenvalue weighted by Gasteiger charge is 2.32. The molecule has 1 fully saturated rings. The standard InChI is InChI=1S/C19H32N2/c1-6-19(7-2)15-21(14-10-13-20-19)17-12-9-8-11-16(17)18(3,4)5/h8-9,11-12,20H,6-7,10,13-15H2,1-5H3. The number of hydrogen-bond acceptors (Lipinski definition) is 2. The summed E-state index contributed by atoms with van der Waals surface area (Å²) in [5, 5.41) is 3.81. The maximum Gasteiger partial charge on any atom is 0.0404 e. The molecular weight excluding hydrogens is 256 g/mol. The van der Waals surface area contributed by atoms with E-state index in [1.54, 1.807) is 0 Å². The lowest BCUT2D eigenvalue weighted by atomic mass is 9.85. The molecule has 118 valence electrons. The number of nitrogens with zero attached hydrogens (tertiary/aromatic N) is 1. The van der Waals surface area contributed by atoms with Gasteiger partial charge in [-0.25, -0.2) is 0 Å². The van der Waals surface area contributed by atoms with Gasteiger partial charge in [-0.05, 0) is 42.9 Å². The second-order valence-electron chi connectivity index (χ2n) is 7.46. The van der Waals surface area contributed by atoms with Crippen LogP contribution in [0.4, 0.5) is 5.69 Å². The van der Waals surface area contributed by atoms with E-state index in [4.69, 9.17) is 0 Å². The summed E-state index contributed by atoms with van der Waals surface area (Å²) < 4.78 is 0. The summed E-state index contributed by atoms with van der Waals surface area (Å²) >= 11 is 0. The fourth-order valence-electron chi connectivity index (χ4n) is 3.44. The quantitative estimate of drug-likeness (QED) is 0.890. The highest BCUT2D eigenvalue weighted by atomic mass is 15.2. The van der Waals surface area contributed by atoms with Crippen LogP contribution in [-0.4, -0.2) is 25.2 Å². The molecule has 0 bridgehead atoms. The van der Waals surface area contributed by atoms with Crippen molar-refractivity contribution in [3.8, 4) is 0 Å². The monoisotopic (exact) mass is 288 g/mol. The first-order chi connectivity index (χ1) is 9.92. The largest absolute Gasteiger partial charge is 0.369 e. The molecule has 1 aromatic rings. The summed E-state index contributed by atoms with van der Waals surface area (Å²) in [6.45, 7) is 15.0. The first kappa shape index (κ1) is 16.4. The topological polar surface area (TPSA) is 15.3 Å². The van der Waals surface area contributed by atoms with Crippen LogP contribution in [0.15, 0.2) is 24.3 Å². The van der Waals surface area contributed by atoms with E-state index in [-0.39, 0.29) is 11.0 Å². The molecule has 2 rings (SSSR count). The second-order valence-corrected chi connectivity index (χ2v) is 7.46. The van der Waals surface area contributed by atoms with E-state index < -0.39 is 0 Å². The van der Waals surface area contributed by atoms with Crippen molar-refractivity contribution < 1.29 is 0 Å². The molecule has 1 aromatic carbocycles. The number of para-hydroxylation sites is 1. The van der Waals surface area contributed by atoms with Crippen LogP contribution in [0, 0.1) is 0 Å². The molecule has 2 heteroatoms. The molecule has 0 atom stereocenters. The molecule has 1 aliphatic rings. The Morgan fingerprint density at radius 2 is 1.81 bits per heavy atom. The van der Waals surface area contributed by atoms with Crippen LogP contribution in [0.5, 0.6) is 0 Å². The van der Waals surface area contributed by atoms with E-state index in [1.165, 1.54) is 30.5 Å². The first-order valence-electron chi connectivity index (χ1n) is 8.51. The van der Waals surface area contributed by atoms with Gasteiger partial charge in [0.1, 0.15) is 0 Å². The van der Waals surface area contributed by atoms with Crippen molar-refractivity contribution in [1.29, 1.82) is 0 Å². The van der Waals surface area contributed by atoms with Crippen molar-refractivity contribution in [2.45, 2.75) is 64.8 Å². The van der Waals surface area contributed by atoms with E-state index in [9.17, 15) is 0 Å². The molecule has 0 radical (unpaired) electrons. The summed E-state index contributed by atoms with van der Waals surface area (Å²) in [6.07, 6.45) is 3.61. The average molecular weight is 288 g/mol. The van der Waals surface area contributed by atoms with Crippen molar-refractivity contribution in [2.24, 2.45) is 0 Å². The van der Waals surface area contributed by atoms with Gasteiger partial charge < -0.3 is 10.2 Å². The van der Waals surface area contributed by atoms with Crippen LogP contribution in [0.2, 0.25) is 0 Å². The van der Waals surface area contributed by atoms with E-state index in [0.717, 1.165) is 19.6 Å². The molecule has 21 heavy (non-hydrogen) atoms. The van der Waals surface area contributed by atoms with Crippen molar-refractivity contribution in [3.05, 3.63) is 29.8 Å². The molecule has 0 unspecified atom stereocenters. The average Bonchev–Trinajstić information content (AvgIpc) is 2.69. The third kappa shape index (κ3) is 3.60. The van der Waals surface area contributed by atoms with Gasteiger partial charge in [0.05, 0.1) is 0 Å². The summed E-state index contributed by atoms with van der Waals surface area (Å²) in [7, 11) is 0. The van der Waals surface area contributed by atoms with Gasteiger partial charge in [0.2, 0.25) is 0 Å². The highest BCUT2D eigenvalue weighted by Crippen LogP contribution is 2.34. The fraction of sp³-hybridized carbons (Fsp3) is 0.684. The normalized spacial score (nSPS) is 19.4.